The van der Waals surface area contributed by atoms with Crippen molar-refractivity contribution in [1.82, 2.24) is 24.7 Å². The normalized spacial score (nSPS) is 10.2. The molecule has 0 aromatic carbocycles. The van der Waals surface area contributed by atoms with Crippen LogP contribution in [0.4, 0.5) is 5.95 Å². The molecule has 6 heteroatoms. The van der Waals surface area contributed by atoms with E-state index in [1.165, 1.54) is 11.0 Å². The highest BCUT2D eigenvalue weighted by Gasteiger charge is 2.05. The predicted molar refractivity (Wildman–Crippen MR) is 46.4 cm³/mol. The lowest BCUT2D eigenvalue weighted by atomic mass is 10.3. The van der Waals surface area contributed by atoms with Crippen molar-refractivity contribution in [2.45, 2.75) is 0 Å². The van der Waals surface area contributed by atoms with Gasteiger partial charge in [-0.25, -0.2) is 14.6 Å². The van der Waals surface area contributed by atoms with Crippen LogP contribution in [-0.4, -0.2) is 24.7 Å². The summed E-state index contributed by atoms with van der Waals surface area (Å²) < 4.78 is 1.50. The van der Waals surface area contributed by atoms with E-state index in [0.29, 0.717) is 11.8 Å². The molecule has 2 rings (SSSR count). The lowest BCUT2D eigenvalue weighted by Gasteiger charge is -1.89. The predicted octanol–water partition coefficient (Wildman–Crippen LogP) is -0.146. The van der Waals surface area contributed by atoms with Crippen molar-refractivity contribution in [2.24, 2.45) is 7.05 Å². The molecule has 2 N–H and O–H groups in total. The molecule has 2 aromatic heterocycles. The van der Waals surface area contributed by atoms with Gasteiger partial charge in [0.2, 0.25) is 5.95 Å². The zero-order valence-electron chi connectivity index (χ0n) is 7.05. The highest BCUT2D eigenvalue weighted by molar-refractivity contribution is 5.52. The summed E-state index contributed by atoms with van der Waals surface area (Å²) in [5.74, 6) is 0.916. The number of hydrogen-bond acceptors (Lipinski definition) is 5. The molecule has 0 radical (unpaired) electrons. The third kappa shape index (κ3) is 1.33. The minimum Gasteiger partial charge on any atom is -0.368 e. The lowest BCUT2D eigenvalue weighted by Crippen LogP contribution is -1.97. The smallest absolute Gasteiger partial charge is 0.218 e. The van der Waals surface area contributed by atoms with Crippen LogP contribution < -0.4 is 5.73 Å². The summed E-state index contributed by atoms with van der Waals surface area (Å²) in [4.78, 5) is 11.7. The molecule has 13 heavy (non-hydrogen) atoms. The van der Waals surface area contributed by atoms with Gasteiger partial charge in [0.25, 0.3) is 0 Å². The van der Waals surface area contributed by atoms with Crippen molar-refractivity contribution in [3.8, 4) is 11.4 Å². The Morgan fingerprint density at radius 1 is 1.31 bits per heavy atom. The van der Waals surface area contributed by atoms with Gasteiger partial charge in [0.05, 0.1) is 5.56 Å². The van der Waals surface area contributed by atoms with E-state index in [4.69, 9.17) is 5.73 Å². The SMILES string of the molecule is Cn1nc(-c2cncnc2)nc1N. The van der Waals surface area contributed by atoms with Crippen LogP contribution in [0.3, 0.4) is 0 Å². The quantitative estimate of drug-likeness (QED) is 0.653. The molecule has 0 bridgehead atoms. The van der Waals surface area contributed by atoms with E-state index < -0.39 is 0 Å². The second kappa shape index (κ2) is 2.81. The monoisotopic (exact) mass is 176 g/mol. The maximum absolute atomic E-state index is 5.53. The Hall–Kier alpha value is -1.98. The molecule has 2 aromatic rings. The molecule has 66 valence electrons. The molecule has 0 saturated carbocycles. The zero-order chi connectivity index (χ0) is 9.26. The van der Waals surface area contributed by atoms with Gasteiger partial charge in [-0.3, -0.25) is 0 Å². The third-order valence-corrected chi connectivity index (χ3v) is 1.62. The molecular formula is C7H8N6. The summed E-state index contributed by atoms with van der Waals surface area (Å²) >= 11 is 0. The fraction of sp³-hybridized carbons (Fsp3) is 0.143. The Morgan fingerprint density at radius 2 is 2.00 bits per heavy atom. The highest BCUT2D eigenvalue weighted by atomic mass is 15.4. The molecule has 0 aliphatic rings. The Kier molecular flexibility index (Phi) is 1.66. The fourth-order valence-electron chi connectivity index (χ4n) is 0.933. The summed E-state index contributed by atoms with van der Waals surface area (Å²) in [6, 6.07) is 0. The van der Waals surface area contributed by atoms with Crippen molar-refractivity contribution in [3.63, 3.8) is 0 Å². The Labute approximate surface area is 74.5 Å². The van der Waals surface area contributed by atoms with Gasteiger partial charge in [0, 0.05) is 19.4 Å². The first-order chi connectivity index (χ1) is 6.27. The first-order valence-corrected chi connectivity index (χ1v) is 3.69. The van der Waals surface area contributed by atoms with Crippen LogP contribution in [0.15, 0.2) is 18.7 Å². The number of rotatable bonds is 1. The summed E-state index contributed by atoms with van der Waals surface area (Å²) in [5.41, 5.74) is 6.29. The zero-order valence-corrected chi connectivity index (χ0v) is 7.05. The van der Waals surface area contributed by atoms with Gasteiger partial charge >= 0.3 is 0 Å². The first-order valence-electron chi connectivity index (χ1n) is 3.69. The number of nitrogen functional groups attached to an aromatic ring is 1. The van der Waals surface area contributed by atoms with Gasteiger partial charge in [-0.2, -0.15) is 4.98 Å². The van der Waals surface area contributed by atoms with E-state index in [1.807, 2.05) is 0 Å². The van der Waals surface area contributed by atoms with Crippen LogP contribution in [-0.2, 0) is 7.05 Å². The summed E-state index contributed by atoms with van der Waals surface area (Å²) in [7, 11) is 1.73. The van der Waals surface area contributed by atoms with E-state index in [1.54, 1.807) is 19.4 Å². The summed E-state index contributed by atoms with van der Waals surface area (Å²) in [6.45, 7) is 0. The molecule has 0 atom stereocenters. The van der Waals surface area contributed by atoms with Crippen molar-refractivity contribution in [2.75, 3.05) is 5.73 Å². The van der Waals surface area contributed by atoms with E-state index in [9.17, 15) is 0 Å². The number of hydrogen-bond donors (Lipinski definition) is 1. The molecule has 2 heterocycles. The average molecular weight is 176 g/mol. The fourth-order valence-corrected chi connectivity index (χ4v) is 0.933. The molecule has 0 fully saturated rings. The van der Waals surface area contributed by atoms with Gasteiger partial charge in [0.1, 0.15) is 6.33 Å². The van der Waals surface area contributed by atoms with Crippen molar-refractivity contribution in [1.29, 1.82) is 0 Å². The number of nitrogens with two attached hydrogens (primary N) is 1. The number of aromatic nitrogens is 5. The molecule has 0 spiro atoms. The van der Waals surface area contributed by atoms with Crippen LogP contribution >= 0.6 is 0 Å². The van der Waals surface area contributed by atoms with E-state index >= 15 is 0 Å². The van der Waals surface area contributed by atoms with Crippen molar-refractivity contribution < 1.29 is 0 Å². The standard InChI is InChI=1S/C7H8N6/c1-13-7(8)11-6(12-13)5-2-9-4-10-3-5/h2-4H,1H3,(H2,8,11,12). The Bertz CT molecular complexity index is 387. The topological polar surface area (TPSA) is 82.5 Å². The van der Waals surface area contributed by atoms with E-state index in [-0.39, 0.29) is 0 Å². The maximum atomic E-state index is 5.53. The second-order valence-corrected chi connectivity index (χ2v) is 2.54. The number of anilines is 1. The van der Waals surface area contributed by atoms with Crippen LogP contribution in [0.2, 0.25) is 0 Å². The molecule has 0 amide bonds. The molecular weight excluding hydrogens is 168 g/mol. The van der Waals surface area contributed by atoms with E-state index in [2.05, 4.69) is 20.1 Å². The third-order valence-electron chi connectivity index (χ3n) is 1.62. The lowest BCUT2D eigenvalue weighted by molar-refractivity contribution is 0.780. The maximum Gasteiger partial charge on any atom is 0.218 e. The average Bonchev–Trinajstić information content (AvgIpc) is 2.49. The molecule has 0 saturated heterocycles. The minimum atomic E-state index is 0.374. The van der Waals surface area contributed by atoms with Crippen LogP contribution in [0.1, 0.15) is 0 Å². The Balaban J connectivity index is 2.48. The first kappa shape index (κ1) is 7.66. The van der Waals surface area contributed by atoms with Crippen molar-refractivity contribution >= 4 is 5.95 Å². The summed E-state index contributed by atoms with van der Waals surface area (Å²) in [6.07, 6.45) is 4.74. The molecule has 0 unspecified atom stereocenters. The largest absolute Gasteiger partial charge is 0.368 e. The van der Waals surface area contributed by atoms with Crippen LogP contribution in [0, 0.1) is 0 Å². The van der Waals surface area contributed by atoms with Gasteiger partial charge < -0.3 is 5.73 Å². The minimum absolute atomic E-state index is 0.374. The highest BCUT2D eigenvalue weighted by Crippen LogP contribution is 2.12. The van der Waals surface area contributed by atoms with Crippen LogP contribution in [0.5, 0.6) is 0 Å². The number of nitrogens with zero attached hydrogens (tertiary/aromatic N) is 5. The van der Waals surface area contributed by atoms with Crippen molar-refractivity contribution in [3.05, 3.63) is 18.7 Å². The van der Waals surface area contributed by atoms with E-state index in [0.717, 1.165) is 5.56 Å². The van der Waals surface area contributed by atoms with Crippen LogP contribution in [0.25, 0.3) is 11.4 Å². The van der Waals surface area contributed by atoms with Gasteiger partial charge in [-0.15, -0.1) is 5.10 Å². The van der Waals surface area contributed by atoms with Gasteiger partial charge in [-0.1, -0.05) is 0 Å². The Morgan fingerprint density at radius 3 is 2.54 bits per heavy atom. The van der Waals surface area contributed by atoms with Gasteiger partial charge in [0.15, 0.2) is 5.82 Å². The second-order valence-electron chi connectivity index (χ2n) is 2.54. The molecule has 6 nitrogen and oxygen atoms in total. The van der Waals surface area contributed by atoms with Gasteiger partial charge in [-0.05, 0) is 0 Å². The summed E-state index contributed by atoms with van der Waals surface area (Å²) in [5, 5.41) is 4.08. The molecule has 0 aliphatic carbocycles. The number of aryl methyl sites for hydroxylation is 1. The molecule has 0 aliphatic heterocycles.